The molecule has 1 aromatic rings. The molecule has 0 spiro atoms. The highest BCUT2D eigenvalue weighted by Gasteiger charge is 2.35. The van der Waals surface area contributed by atoms with E-state index in [0.717, 1.165) is 27.8 Å². The van der Waals surface area contributed by atoms with Gasteiger partial charge in [-0.2, -0.15) is 0 Å². The highest BCUT2D eigenvalue weighted by atomic mass is 79.9. The number of hydrogen-bond acceptors (Lipinski definition) is 2. The molecule has 2 nitrogen and oxygen atoms in total. The Bertz CT molecular complexity index is 482. The van der Waals surface area contributed by atoms with Crippen molar-refractivity contribution in [2.24, 2.45) is 11.8 Å². The van der Waals surface area contributed by atoms with Gasteiger partial charge in [0, 0.05) is 28.6 Å². The van der Waals surface area contributed by atoms with Gasteiger partial charge in [-0.05, 0) is 62.4 Å². The zero-order chi connectivity index (χ0) is 14.8. The Morgan fingerprint density at radius 2 is 2.05 bits per heavy atom. The van der Waals surface area contributed by atoms with Crippen LogP contribution in [0, 0.1) is 11.8 Å². The van der Waals surface area contributed by atoms with Crippen LogP contribution in [0.3, 0.4) is 0 Å². The maximum Gasteiger partial charge on any atom is 0.0465 e. The van der Waals surface area contributed by atoms with Gasteiger partial charge in [0.2, 0.25) is 0 Å². The van der Waals surface area contributed by atoms with Crippen LogP contribution in [0.25, 0.3) is 0 Å². The molecule has 1 saturated carbocycles. The molecule has 3 unspecified atom stereocenters. The summed E-state index contributed by atoms with van der Waals surface area (Å²) in [5.41, 5.74) is 1.21. The molecule has 0 radical (unpaired) electrons. The Hall–Kier alpha value is -0.0900. The second-order valence-corrected chi connectivity index (χ2v) is 7.83. The number of nitrogens with one attached hydrogen (secondary N) is 1. The van der Waals surface area contributed by atoms with Crippen LogP contribution in [0.15, 0.2) is 22.7 Å². The van der Waals surface area contributed by atoms with E-state index in [0.29, 0.717) is 6.04 Å². The van der Waals surface area contributed by atoms with Crippen molar-refractivity contribution < 1.29 is 0 Å². The van der Waals surface area contributed by atoms with E-state index in [1.54, 1.807) is 0 Å². The standard InChI is InChI=1S/C17H24BrClN2/c1-20-17(15-6-5-14(18)9-16(15)19)7-8-21-10-12-3-2-4-13(12)11-21/h5-6,9,12-13,17,20H,2-4,7-8,10-11H2,1H3. The minimum atomic E-state index is 0.339. The van der Waals surface area contributed by atoms with E-state index in [-0.39, 0.29) is 0 Å². The molecule has 1 heterocycles. The number of nitrogens with zero attached hydrogens (tertiary/aromatic N) is 1. The minimum absolute atomic E-state index is 0.339. The maximum absolute atomic E-state index is 6.39. The molecule has 0 aromatic heterocycles. The molecule has 116 valence electrons. The quantitative estimate of drug-likeness (QED) is 0.820. The molecule has 2 fully saturated rings. The van der Waals surface area contributed by atoms with E-state index in [9.17, 15) is 0 Å². The Balaban J connectivity index is 1.57. The molecule has 4 heteroatoms. The van der Waals surface area contributed by atoms with E-state index in [1.165, 1.54) is 44.5 Å². The van der Waals surface area contributed by atoms with Crippen LogP contribution in [-0.4, -0.2) is 31.6 Å². The Morgan fingerprint density at radius 3 is 2.67 bits per heavy atom. The van der Waals surface area contributed by atoms with Gasteiger partial charge >= 0.3 is 0 Å². The van der Waals surface area contributed by atoms with Gasteiger partial charge in [-0.15, -0.1) is 0 Å². The summed E-state index contributed by atoms with van der Waals surface area (Å²) < 4.78 is 1.04. The van der Waals surface area contributed by atoms with Crippen LogP contribution in [0.2, 0.25) is 5.02 Å². The number of rotatable bonds is 5. The van der Waals surface area contributed by atoms with Crippen LogP contribution in [0.4, 0.5) is 0 Å². The lowest BCUT2D eigenvalue weighted by Crippen LogP contribution is -2.27. The molecule has 0 bridgehead atoms. The van der Waals surface area contributed by atoms with Gasteiger partial charge in [-0.3, -0.25) is 0 Å². The Kier molecular flexibility index (Phi) is 5.26. The van der Waals surface area contributed by atoms with Crippen molar-refractivity contribution in [2.75, 3.05) is 26.7 Å². The number of hydrogen-bond donors (Lipinski definition) is 1. The molecule has 3 atom stereocenters. The first-order valence-electron chi connectivity index (χ1n) is 8.02. The van der Waals surface area contributed by atoms with Crippen LogP contribution in [-0.2, 0) is 0 Å². The lowest BCUT2D eigenvalue weighted by Gasteiger charge is -2.23. The summed E-state index contributed by atoms with van der Waals surface area (Å²) >= 11 is 9.87. The summed E-state index contributed by atoms with van der Waals surface area (Å²) in [4.78, 5) is 2.66. The number of benzene rings is 1. The van der Waals surface area contributed by atoms with Crippen LogP contribution in [0.1, 0.15) is 37.3 Å². The van der Waals surface area contributed by atoms with Gasteiger partial charge < -0.3 is 10.2 Å². The monoisotopic (exact) mass is 370 g/mol. The smallest absolute Gasteiger partial charge is 0.0465 e. The van der Waals surface area contributed by atoms with E-state index < -0.39 is 0 Å². The van der Waals surface area contributed by atoms with Crippen molar-refractivity contribution in [2.45, 2.75) is 31.7 Å². The average molecular weight is 372 g/mol. The minimum Gasteiger partial charge on any atom is -0.313 e. The molecule has 1 aliphatic heterocycles. The second-order valence-electron chi connectivity index (χ2n) is 6.51. The molecule has 1 saturated heterocycles. The summed E-state index contributed by atoms with van der Waals surface area (Å²) in [6.07, 6.45) is 5.48. The largest absolute Gasteiger partial charge is 0.313 e. The molecular formula is C17H24BrClN2. The predicted octanol–water partition coefficient (Wildman–Crippen LogP) is 4.49. The predicted molar refractivity (Wildman–Crippen MR) is 92.8 cm³/mol. The van der Waals surface area contributed by atoms with Gasteiger partial charge in [0.1, 0.15) is 0 Å². The molecule has 1 aliphatic carbocycles. The molecular weight excluding hydrogens is 348 g/mol. The van der Waals surface area contributed by atoms with Crippen LogP contribution >= 0.6 is 27.5 Å². The molecule has 1 N–H and O–H groups in total. The van der Waals surface area contributed by atoms with E-state index in [4.69, 9.17) is 11.6 Å². The van der Waals surface area contributed by atoms with Crippen molar-refractivity contribution in [3.8, 4) is 0 Å². The van der Waals surface area contributed by atoms with E-state index >= 15 is 0 Å². The highest BCUT2D eigenvalue weighted by molar-refractivity contribution is 9.10. The number of likely N-dealkylation sites (tertiary alicyclic amines) is 1. The fraction of sp³-hybridized carbons (Fsp3) is 0.647. The number of fused-ring (bicyclic) bond motifs is 1. The summed E-state index contributed by atoms with van der Waals surface area (Å²) in [7, 11) is 2.03. The van der Waals surface area contributed by atoms with Gasteiger partial charge in [-0.1, -0.05) is 40.0 Å². The van der Waals surface area contributed by atoms with Crippen molar-refractivity contribution >= 4 is 27.5 Å². The zero-order valence-electron chi connectivity index (χ0n) is 12.6. The highest BCUT2D eigenvalue weighted by Crippen LogP contribution is 2.38. The third kappa shape index (κ3) is 3.64. The first-order chi connectivity index (χ1) is 10.2. The first-order valence-corrected chi connectivity index (χ1v) is 9.19. The van der Waals surface area contributed by atoms with E-state index in [1.807, 2.05) is 13.1 Å². The third-order valence-corrected chi connectivity index (χ3v) is 6.04. The Morgan fingerprint density at radius 1 is 1.33 bits per heavy atom. The lowest BCUT2D eigenvalue weighted by molar-refractivity contribution is 0.291. The van der Waals surface area contributed by atoms with E-state index in [2.05, 4.69) is 38.3 Å². The lowest BCUT2D eigenvalue weighted by atomic mass is 10.0. The summed E-state index contributed by atoms with van der Waals surface area (Å²) in [6, 6.07) is 6.53. The average Bonchev–Trinajstić information content (AvgIpc) is 3.02. The van der Waals surface area contributed by atoms with Gasteiger partial charge in [-0.25, -0.2) is 0 Å². The molecule has 21 heavy (non-hydrogen) atoms. The molecule has 3 rings (SSSR count). The third-order valence-electron chi connectivity index (χ3n) is 5.22. The maximum atomic E-state index is 6.39. The fourth-order valence-corrected chi connectivity index (χ4v) is 4.87. The topological polar surface area (TPSA) is 15.3 Å². The van der Waals surface area contributed by atoms with Crippen LogP contribution < -0.4 is 5.32 Å². The van der Waals surface area contributed by atoms with Crippen LogP contribution in [0.5, 0.6) is 0 Å². The second kappa shape index (κ2) is 6.99. The summed E-state index contributed by atoms with van der Waals surface area (Å²) in [5, 5.41) is 4.28. The van der Waals surface area contributed by atoms with Crippen molar-refractivity contribution in [1.82, 2.24) is 10.2 Å². The number of halogens is 2. The van der Waals surface area contributed by atoms with Gasteiger partial charge in [0.25, 0.3) is 0 Å². The molecule has 0 amide bonds. The van der Waals surface area contributed by atoms with Gasteiger partial charge in [0.15, 0.2) is 0 Å². The normalized spacial score (nSPS) is 27.0. The Labute approximate surface area is 141 Å². The van der Waals surface area contributed by atoms with Gasteiger partial charge in [0.05, 0.1) is 0 Å². The molecule has 1 aromatic carbocycles. The van der Waals surface area contributed by atoms with Crippen molar-refractivity contribution in [3.63, 3.8) is 0 Å². The summed E-state index contributed by atoms with van der Waals surface area (Å²) in [6.45, 7) is 3.80. The summed E-state index contributed by atoms with van der Waals surface area (Å²) in [5.74, 6) is 1.96. The fourth-order valence-electron chi connectivity index (χ4n) is 4.07. The first kappa shape index (κ1) is 15.8. The van der Waals surface area contributed by atoms with Crippen molar-refractivity contribution in [3.05, 3.63) is 33.3 Å². The van der Waals surface area contributed by atoms with Crippen molar-refractivity contribution in [1.29, 1.82) is 0 Å². The molecule has 2 aliphatic rings. The zero-order valence-corrected chi connectivity index (χ0v) is 15.0. The SMILES string of the molecule is CNC(CCN1CC2CCCC2C1)c1ccc(Br)cc1Cl.